The Morgan fingerprint density at radius 2 is 1.80 bits per heavy atom. The molecular weight excluding hydrogens is 462 g/mol. The Kier molecular flexibility index (Phi) is 6.72. The first-order chi connectivity index (χ1) is 16.5. The summed E-state index contributed by atoms with van der Waals surface area (Å²) in [5.41, 5.74) is 4.69. The van der Waals surface area contributed by atoms with Gasteiger partial charge in [-0.15, -0.1) is 0 Å². The summed E-state index contributed by atoms with van der Waals surface area (Å²) in [7, 11) is 0. The van der Waals surface area contributed by atoms with Crippen LogP contribution in [-0.2, 0) is 12.0 Å². The van der Waals surface area contributed by atoms with Gasteiger partial charge in [-0.05, 0) is 50.6 Å². The molecule has 4 heterocycles. The topological polar surface area (TPSA) is 82.8 Å². The summed E-state index contributed by atoms with van der Waals surface area (Å²) in [6.45, 7) is 12.1. The predicted molar refractivity (Wildman–Crippen MR) is 137 cm³/mol. The summed E-state index contributed by atoms with van der Waals surface area (Å²) >= 11 is 6.46. The molecule has 0 unspecified atom stereocenters. The molecule has 0 N–H and O–H groups in total. The van der Waals surface area contributed by atoms with Crippen molar-refractivity contribution in [2.45, 2.75) is 53.6 Å². The van der Waals surface area contributed by atoms with Gasteiger partial charge >= 0.3 is 0 Å². The molecule has 7 nitrogen and oxygen atoms in total. The van der Waals surface area contributed by atoms with Crippen LogP contribution in [0.2, 0.25) is 5.02 Å². The minimum Gasteiger partial charge on any atom is -0.485 e. The van der Waals surface area contributed by atoms with Crippen molar-refractivity contribution in [2.24, 2.45) is 0 Å². The second kappa shape index (κ2) is 9.58. The summed E-state index contributed by atoms with van der Waals surface area (Å²) in [5.74, 6) is 1.05. The maximum atomic E-state index is 13.3. The third-order valence-electron chi connectivity index (χ3n) is 5.51. The van der Waals surface area contributed by atoms with Crippen LogP contribution in [-0.4, -0.2) is 24.5 Å². The number of pyridine rings is 3. The van der Waals surface area contributed by atoms with Crippen molar-refractivity contribution >= 4 is 11.6 Å². The SMILES string of the molecule is Cc1cccc(COc2cc(C)n(-c3ccnc(-c4nc(C(C)(C)C)ncc4C)c3)c(=O)c2Cl)n1. The highest BCUT2D eigenvalue weighted by molar-refractivity contribution is 6.31. The van der Waals surface area contributed by atoms with Crippen LogP contribution in [0.15, 0.2) is 53.6 Å². The molecule has 0 atom stereocenters. The Morgan fingerprint density at radius 3 is 2.51 bits per heavy atom. The van der Waals surface area contributed by atoms with Crippen LogP contribution in [0.1, 0.15) is 49.2 Å². The summed E-state index contributed by atoms with van der Waals surface area (Å²) < 4.78 is 7.40. The quantitative estimate of drug-likeness (QED) is 0.366. The summed E-state index contributed by atoms with van der Waals surface area (Å²) in [6, 6.07) is 11.1. The lowest BCUT2D eigenvalue weighted by molar-refractivity contribution is 0.300. The molecule has 0 aliphatic rings. The van der Waals surface area contributed by atoms with E-state index >= 15 is 0 Å². The number of nitrogens with zero attached hydrogens (tertiary/aromatic N) is 5. The molecule has 0 fully saturated rings. The number of hydrogen-bond donors (Lipinski definition) is 0. The van der Waals surface area contributed by atoms with Crippen LogP contribution in [0.3, 0.4) is 0 Å². The number of ether oxygens (including phenoxy) is 1. The van der Waals surface area contributed by atoms with Gasteiger partial charge in [0.15, 0.2) is 0 Å². The van der Waals surface area contributed by atoms with Crippen LogP contribution in [0.25, 0.3) is 17.1 Å². The fourth-order valence-corrected chi connectivity index (χ4v) is 3.88. The maximum Gasteiger partial charge on any atom is 0.277 e. The fraction of sp³-hybridized carbons (Fsp3) is 0.296. The van der Waals surface area contributed by atoms with E-state index in [0.29, 0.717) is 22.8 Å². The Balaban J connectivity index is 1.71. The lowest BCUT2D eigenvalue weighted by atomic mass is 9.95. The molecule has 4 aromatic heterocycles. The van der Waals surface area contributed by atoms with Gasteiger partial charge in [-0.3, -0.25) is 19.3 Å². The average molecular weight is 490 g/mol. The largest absolute Gasteiger partial charge is 0.485 e. The third-order valence-corrected chi connectivity index (χ3v) is 5.86. The van der Waals surface area contributed by atoms with Crippen LogP contribution in [0, 0.1) is 20.8 Å². The van der Waals surface area contributed by atoms with Crippen molar-refractivity contribution in [3.8, 4) is 22.8 Å². The van der Waals surface area contributed by atoms with E-state index in [1.807, 2.05) is 45.0 Å². The van der Waals surface area contributed by atoms with Crippen molar-refractivity contribution in [1.29, 1.82) is 0 Å². The molecule has 8 heteroatoms. The standard InChI is InChI=1S/C27H28ClN5O2/c1-16-14-30-26(27(4,5)6)32-24(16)21-13-20(10-11-29-21)33-18(3)12-22(23(28)25(33)34)35-15-19-9-7-8-17(2)31-19/h7-14H,15H2,1-6H3. The molecule has 0 aliphatic carbocycles. The number of rotatable bonds is 5. The Bertz CT molecular complexity index is 1460. The van der Waals surface area contributed by atoms with Crippen LogP contribution < -0.4 is 10.3 Å². The Hall–Kier alpha value is -3.58. The van der Waals surface area contributed by atoms with Crippen LogP contribution in [0.5, 0.6) is 5.75 Å². The minimum atomic E-state index is -0.370. The normalized spacial score (nSPS) is 11.5. The highest BCUT2D eigenvalue weighted by Gasteiger charge is 2.20. The van der Waals surface area contributed by atoms with Crippen LogP contribution >= 0.6 is 11.6 Å². The molecule has 0 bridgehead atoms. The molecule has 0 saturated heterocycles. The maximum absolute atomic E-state index is 13.3. The van der Waals surface area contributed by atoms with Crippen molar-refractivity contribution in [3.05, 3.63) is 92.6 Å². The van der Waals surface area contributed by atoms with Gasteiger partial charge in [0.05, 0.1) is 22.8 Å². The van der Waals surface area contributed by atoms with Gasteiger partial charge in [-0.2, -0.15) is 0 Å². The molecule has 4 aromatic rings. The number of hydrogen-bond acceptors (Lipinski definition) is 6. The fourth-order valence-electron chi connectivity index (χ4n) is 3.69. The highest BCUT2D eigenvalue weighted by Crippen LogP contribution is 2.27. The number of aryl methyl sites for hydroxylation is 3. The molecule has 0 radical (unpaired) electrons. The van der Waals surface area contributed by atoms with Gasteiger partial charge in [-0.25, -0.2) is 9.97 Å². The number of halogens is 1. The summed E-state index contributed by atoms with van der Waals surface area (Å²) in [4.78, 5) is 31.5. The summed E-state index contributed by atoms with van der Waals surface area (Å²) in [6.07, 6.45) is 3.47. The Morgan fingerprint density at radius 1 is 1.03 bits per heavy atom. The third kappa shape index (κ3) is 5.25. The molecule has 0 spiro atoms. The zero-order valence-corrected chi connectivity index (χ0v) is 21.5. The van der Waals surface area contributed by atoms with E-state index in [1.54, 1.807) is 29.1 Å². The molecule has 0 aromatic carbocycles. The van der Waals surface area contributed by atoms with Gasteiger partial charge in [0, 0.05) is 35.3 Å². The van der Waals surface area contributed by atoms with Gasteiger partial charge in [-0.1, -0.05) is 38.4 Å². The van der Waals surface area contributed by atoms with E-state index in [9.17, 15) is 4.79 Å². The molecule has 180 valence electrons. The minimum absolute atomic E-state index is 0.00912. The lowest BCUT2D eigenvalue weighted by Crippen LogP contribution is -2.22. The van der Waals surface area contributed by atoms with E-state index in [0.717, 1.165) is 28.5 Å². The van der Waals surface area contributed by atoms with Crippen LogP contribution in [0.4, 0.5) is 0 Å². The molecule has 0 amide bonds. The molecule has 35 heavy (non-hydrogen) atoms. The second-order valence-electron chi connectivity index (χ2n) is 9.54. The molecule has 0 saturated carbocycles. The first-order valence-corrected chi connectivity index (χ1v) is 11.7. The van der Waals surface area contributed by atoms with Crippen molar-refractivity contribution in [3.63, 3.8) is 0 Å². The van der Waals surface area contributed by atoms with E-state index in [4.69, 9.17) is 21.3 Å². The number of aromatic nitrogens is 5. The van der Waals surface area contributed by atoms with E-state index in [-0.39, 0.29) is 22.6 Å². The van der Waals surface area contributed by atoms with E-state index < -0.39 is 0 Å². The van der Waals surface area contributed by atoms with E-state index in [1.165, 1.54) is 0 Å². The van der Waals surface area contributed by atoms with Gasteiger partial charge in [0.1, 0.15) is 23.2 Å². The zero-order chi connectivity index (χ0) is 25.3. The second-order valence-corrected chi connectivity index (χ2v) is 9.92. The first-order valence-electron chi connectivity index (χ1n) is 11.3. The van der Waals surface area contributed by atoms with Crippen molar-refractivity contribution in [2.75, 3.05) is 0 Å². The Labute approximate surface area is 209 Å². The predicted octanol–water partition coefficient (Wildman–Crippen LogP) is 5.54. The monoisotopic (exact) mass is 489 g/mol. The smallest absolute Gasteiger partial charge is 0.277 e. The molecule has 0 aliphatic heterocycles. The van der Waals surface area contributed by atoms with Gasteiger partial charge < -0.3 is 4.74 Å². The van der Waals surface area contributed by atoms with Gasteiger partial charge in [0.25, 0.3) is 5.56 Å². The van der Waals surface area contributed by atoms with Gasteiger partial charge in [0.2, 0.25) is 0 Å². The molecule has 4 rings (SSSR count). The van der Waals surface area contributed by atoms with Crippen molar-refractivity contribution in [1.82, 2.24) is 24.5 Å². The average Bonchev–Trinajstić information content (AvgIpc) is 2.80. The van der Waals surface area contributed by atoms with Crippen molar-refractivity contribution < 1.29 is 4.74 Å². The first kappa shape index (κ1) is 24.5. The molecular formula is C27H28ClN5O2. The zero-order valence-electron chi connectivity index (χ0n) is 20.8. The highest BCUT2D eigenvalue weighted by atomic mass is 35.5. The van der Waals surface area contributed by atoms with E-state index in [2.05, 4.69) is 35.7 Å². The summed E-state index contributed by atoms with van der Waals surface area (Å²) in [5, 5.41) is 0.00912. The lowest BCUT2D eigenvalue weighted by Gasteiger charge is -2.18.